The number of hydrogen-bond acceptors (Lipinski definition) is 1. The summed E-state index contributed by atoms with van der Waals surface area (Å²) in [5.74, 6) is 0. The Hall–Kier alpha value is -5.66. The van der Waals surface area contributed by atoms with Crippen LogP contribution in [0.1, 0.15) is 33.4 Å². The van der Waals surface area contributed by atoms with E-state index in [0.29, 0.717) is 0 Å². The molecular formula is C42H33N. The Kier molecular flexibility index (Phi) is 8.83. The maximum absolute atomic E-state index is 2.31. The Morgan fingerprint density at radius 1 is 0.233 bits per heavy atom. The third kappa shape index (κ3) is 7.55. The molecule has 43 heavy (non-hydrogen) atoms. The minimum atomic E-state index is 1.11. The van der Waals surface area contributed by atoms with Gasteiger partial charge in [-0.05, 0) is 69.8 Å². The molecule has 0 saturated heterocycles. The molecule has 206 valence electrons. The van der Waals surface area contributed by atoms with E-state index in [4.69, 9.17) is 0 Å². The Morgan fingerprint density at radius 2 is 0.442 bits per heavy atom. The van der Waals surface area contributed by atoms with E-state index in [2.05, 4.69) is 187 Å². The van der Waals surface area contributed by atoms with Gasteiger partial charge in [0.15, 0.2) is 0 Å². The molecule has 0 bridgehead atoms. The lowest BCUT2D eigenvalue weighted by atomic mass is 10.1. The number of hydrogen-bond donors (Lipinski definition) is 0. The van der Waals surface area contributed by atoms with Crippen LogP contribution in [-0.4, -0.2) is 0 Å². The van der Waals surface area contributed by atoms with Crippen molar-refractivity contribution < 1.29 is 0 Å². The highest BCUT2D eigenvalue weighted by Crippen LogP contribution is 2.35. The average Bonchev–Trinajstić information content (AvgIpc) is 3.09. The summed E-state index contributed by atoms with van der Waals surface area (Å²) in [6.07, 6.45) is 12.9. The van der Waals surface area contributed by atoms with Crippen molar-refractivity contribution in [2.75, 3.05) is 4.90 Å². The minimum Gasteiger partial charge on any atom is -0.311 e. The van der Waals surface area contributed by atoms with Gasteiger partial charge in [-0.3, -0.25) is 0 Å². The van der Waals surface area contributed by atoms with Crippen molar-refractivity contribution in [2.24, 2.45) is 0 Å². The quantitative estimate of drug-likeness (QED) is 0.162. The Morgan fingerprint density at radius 3 is 0.674 bits per heavy atom. The molecule has 0 heterocycles. The summed E-state index contributed by atoms with van der Waals surface area (Å²) in [4.78, 5) is 2.31. The van der Waals surface area contributed by atoms with E-state index in [0.717, 1.165) is 33.8 Å². The van der Waals surface area contributed by atoms with E-state index in [9.17, 15) is 0 Å². The summed E-state index contributed by atoms with van der Waals surface area (Å²) < 4.78 is 0. The van der Waals surface area contributed by atoms with Gasteiger partial charge in [0, 0.05) is 17.1 Å². The van der Waals surface area contributed by atoms with Gasteiger partial charge in [0.25, 0.3) is 0 Å². The van der Waals surface area contributed by atoms with Gasteiger partial charge in [-0.25, -0.2) is 0 Å². The fourth-order valence-corrected chi connectivity index (χ4v) is 4.92. The van der Waals surface area contributed by atoms with Gasteiger partial charge >= 0.3 is 0 Å². The van der Waals surface area contributed by atoms with Crippen LogP contribution < -0.4 is 4.90 Å². The zero-order valence-electron chi connectivity index (χ0n) is 24.0. The molecular weight excluding hydrogens is 518 g/mol. The number of anilines is 3. The van der Waals surface area contributed by atoms with E-state index in [-0.39, 0.29) is 0 Å². The maximum Gasteiger partial charge on any atom is 0.0462 e. The molecule has 0 amide bonds. The molecule has 0 spiro atoms. The molecule has 6 rings (SSSR count). The van der Waals surface area contributed by atoms with Gasteiger partial charge in [0.2, 0.25) is 0 Å². The predicted molar refractivity (Wildman–Crippen MR) is 187 cm³/mol. The van der Waals surface area contributed by atoms with Crippen molar-refractivity contribution in [1.29, 1.82) is 0 Å². The molecule has 0 saturated carbocycles. The summed E-state index contributed by atoms with van der Waals surface area (Å²) in [6, 6.07) is 57.4. The fourth-order valence-electron chi connectivity index (χ4n) is 4.92. The highest BCUT2D eigenvalue weighted by Gasteiger charge is 2.12. The van der Waals surface area contributed by atoms with E-state index < -0.39 is 0 Å². The molecule has 0 aromatic heterocycles. The summed E-state index contributed by atoms with van der Waals surface area (Å²) >= 11 is 0. The van der Waals surface area contributed by atoms with Gasteiger partial charge in [0.05, 0.1) is 0 Å². The van der Waals surface area contributed by atoms with Gasteiger partial charge in [-0.2, -0.15) is 0 Å². The standard InChI is InChI=1S/C42H33N/c1-4-10-34(11-5-1)16-19-37-22-28-40(29-23-37)43(41-30-24-38(25-31-41)20-17-35-12-6-2-7-13-35)42-32-26-39(27-33-42)21-18-36-14-8-3-9-15-36/h1-33H/b19-16+,20-17+,21-18+. The van der Waals surface area contributed by atoms with Gasteiger partial charge in [0.1, 0.15) is 0 Å². The van der Waals surface area contributed by atoms with Gasteiger partial charge in [-0.15, -0.1) is 0 Å². The van der Waals surface area contributed by atoms with Crippen LogP contribution in [0.2, 0.25) is 0 Å². The Labute approximate surface area is 255 Å². The van der Waals surface area contributed by atoms with E-state index in [1.165, 1.54) is 16.7 Å². The monoisotopic (exact) mass is 551 g/mol. The van der Waals surface area contributed by atoms with Crippen LogP contribution in [0.25, 0.3) is 36.5 Å². The van der Waals surface area contributed by atoms with Gasteiger partial charge in [-0.1, -0.05) is 164 Å². The van der Waals surface area contributed by atoms with Crippen LogP contribution in [0.3, 0.4) is 0 Å². The third-order valence-electron chi connectivity index (χ3n) is 7.26. The number of nitrogens with zero attached hydrogens (tertiary/aromatic N) is 1. The number of benzene rings is 6. The molecule has 0 radical (unpaired) electrons. The van der Waals surface area contributed by atoms with E-state index >= 15 is 0 Å². The van der Waals surface area contributed by atoms with Crippen molar-refractivity contribution in [3.05, 3.63) is 197 Å². The first kappa shape index (κ1) is 27.5. The SMILES string of the molecule is C(=C\c1ccc(N(c2ccc(/C=C/c3ccccc3)cc2)c2ccc(/C=C/c3ccccc3)cc2)cc1)/c1ccccc1. The lowest BCUT2D eigenvalue weighted by molar-refractivity contribution is 1.28. The van der Waals surface area contributed by atoms with Crippen LogP contribution in [0, 0.1) is 0 Å². The zero-order valence-corrected chi connectivity index (χ0v) is 24.0. The summed E-state index contributed by atoms with van der Waals surface area (Å²) in [5, 5.41) is 0. The normalized spacial score (nSPS) is 11.4. The second kappa shape index (κ2) is 13.8. The highest BCUT2D eigenvalue weighted by atomic mass is 15.1. The smallest absolute Gasteiger partial charge is 0.0462 e. The third-order valence-corrected chi connectivity index (χ3v) is 7.26. The first-order chi connectivity index (χ1) is 21.3. The van der Waals surface area contributed by atoms with Gasteiger partial charge < -0.3 is 4.90 Å². The summed E-state index contributed by atoms with van der Waals surface area (Å²) in [7, 11) is 0. The minimum absolute atomic E-state index is 1.11. The molecule has 0 N–H and O–H groups in total. The Bertz CT molecular complexity index is 1580. The molecule has 1 heteroatoms. The van der Waals surface area contributed by atoms with E-state index in [1.54, 1.807) is 0 Å². The van der Waals surface area contributed by atoms with Crippen molar-refractivity contribution in [1.82, 2.24) is 0 Å². The van der Waals surface area contributed by atoms with Crippen LogP contribution in [0.15, 0.2) is 164 Å². The molecule has 1 nitrogen and oxygen atoms in total. The van der Waals surface area contributed by atoms with Crippen LogP contribution in [-0.2, 0) is 0 Å². The second-order valence-corrected chi connectivity index (χ2v) is 10.3. The predicted octanol–water partition coefficient (Wildman–Crippen LogP) is 11.7. The van der Waals surface area contributed by atoms with Crippen molar-refractivity contribution in [3.63, 3.8) is 0 Å². The second-order valence-electron chi connectivity index (χ2n) is 10.3. The van der Waals surface area contributed by atoms with Crippen molar-refractivity contribution in [2.45, 2.75) is 0 Å². The largest absolute Gasteiger partial charge is 0.311 e. The molecule has 0 fully saturated rings. The molecule has 0 aliphatic heterocycles. The summed E-state index contributed by atoms with van der Waals surface area (Å²) in [5.41, 5.74) is 10.4. The average molecular weight is 552 g/mol. The lowest BCUT2D eigenvalue weighted by Crippen LogP contribution is -2.09. The molecule has 0 aliphatic carbocycles. The first-order valence-electron chi connectivity index (χ1n) is 14.6. The molecule has 0 aliphatic rings. The lowest BCUT2D eigenvalue weighted by Gasteiger charge is -2.26. The Balaban J connectivity index is 1.28. The number of rotatable bonds is 9. The fraction of sp³-hybridized carbons (Fsp3) is 0. The van der Waals surface area contributed by atoms with Crippen LogP contribution in [0.5, 0.6) is 0 Å². The highest BCUT2D eigenvalue weighted by molar-refractivity contribution is 5.80. The topological polar surface area (TPSA) is 3.24 Å². The maximum atomic E-state index is 2.31. The molecule has 0 atom stereocenters. The zero-order chi connectivity index (χ0) is 29.1. The first-order valence-corrected chi connectivity index (χ1v) is 14.6. The molecule has 6 aromatic rings. The van der Waals surface area contributed by atoms with Crippen molar-refractivity contribution >= 4 is 53.5 Å². The van der Waals surface area contributed by atoms with Crippen molar-refractivity contribution in [3.8, 4) is 0 Å². The molecule has 6 aromatic carbocycles. The van der Waals surface area contributed by atoms with Crippen LogP contribution >= 0.6 is 0 Å². The van der Waals surface area contributed by atoms with E-state index in [1.807, 2.05) is 18.2 Å². The molecule has 0 unspecified atom stereocenters. The summed E-state index contributed by atoms with van der Waals surface area (Å²) in [6.45, 7) is 0. The van der Waals surface area contributed by atoms with Crippen LogP contribution in [0.4, 0.5) is 17.1 Å².